The highest BCUT2D eigenvalue weighted by atomic mass is 35.5. The van der Waals surface area contributed by atoms with Crippen LogP contribution < -0.4 is 20.9 Å². The van der Waals surface area contributed by atoms with Gasteiger partial charge in [-0.05, 0) is 36.6 Å². The molecule has 1 aliphatic heterocycles. The van der Waals surface area contributed by atoms with E-state index in [9.17, 15) is 9.90 Å². The Labute approximate surface area is 258 Å². The van der Waals surface area contributed by atoms with Crippen LogP contribution in [-0.4, -0.2) is 62.3 Å². The van der Waals surface area contributed by atoms with Crippen LogP contribution in [0.1, 0.15) is 17.7 Å². The minimum absolute atomic E-state index is 0.0895. The molecule has 1 fully saturated rings. The third-order valence-corrected chi connectivity index (χ3v) is 8.28. The largest absolute Gasteiger partial charge is 0.480 e. The minimum atomic E-state index is -0.575. The lowest BCUT2D eigenvalue weighted by Crippen LogP contribution is -2.46. The quantitative estimate of drug-likeness (QED) is 0.231. The van der Waals surface area contributed by atoms with E-state index in [1.54, 1.807) is 38.8 Å². The highest BCUT2D eigenvalue weighted by Crippen LogP contribution is 2.39. The Morgan fingerprint density at radius 2 is 1.91 bits per heavy atom. The number of hydrogen-bond donors (Lipinski definition) is 3. The molecule has 1 aliphatic rings. The number of aromatic nitrogens is 5. The molecule has 2 atom stereocenters. The molecule has 3 N–H and O–H groups in total. The second kappa shape index (κ2) is 12.7. The topological polar surface area (TPSA) is 136 Å². The number of halogens is 1. The average molecular weight is 614 g/mol. The number of benzene rings is 2. The number of fused-ring (bicyclic) bond motifs is 1. The van der Waals surface area contributed by atoms with Crippen molar-refractivity contribution in [3.8, 4) is 28.3 Å². The molecule has 0 amide bonds. The van der Waals surface area contributed by atoms with E-state index in [0.29, 0.717) is 70.6 Å². The Morgan fingerprint density at radius 1 is 1.11 bits per heavy atom. The number of anilines is 2. The fraction of sp³-hybridized carbons (Fsp3) is 0.281. The van der Waals surface area contributed by atoms with Crippen LogP contribution in [0.5, 0.6) is 5.88 Å². The fourth-order valence-corrected chi connectivity index (χ4v) is 5.72. The average Bonchev–Trinajstić information content (AvgIpc) is 3.04. The zero-order valence-corrected chi connectivity index (χ0v) is 25.3. The van der Waals surface area contributed by atoms with Crippen LogP contribution >= 0.6 is 11.6 Å². The van der Waals surface area contributed by atoms with Crippen LogP contribution in [0.3, 0.4) is 0 Å². The first-order chi connectivity index (χ1) is 21.4. The fourth-order valence-electron chi connectivity index (χ4n) is 5.40. The summed E-state index contributed by atoms with van der Waals surface area (Å²) in [7, 11) is 3.17. The number of pyridine rings is 1. The third kappa shape index (κ3) is 5.74. The lowest BCUT2D eigenvalue weighted by molar-refractivity contribution is -0.0281. The number of rotatable bonds is 8. The SMILES string of the molecule is COc1nc(-c2cccc(-c3cccc(Nc4nccc5cnn(C)c(=O)c45)c3C)c2Cl)cnc1CN[C@@H]1CCOC[C@@H]1O. The maximum absolute atomic E-state index is 12.9. The highest BCUT2D eigenvalue weighted by molar-refractivity contribution is 6.36. The Bertz CT molecular complexity index is 1900. The molecule has 0 bridgehead atoms. The summed E-state index contributed by atoms with van der Waals surface area (Å²) < 4.78 is 12.2. The van der Waals surface area contributed by atoms with Crippen molar-refractivity contribution in [2.75, 3.05) is 25.6 Å². The third-order valence-electron chi connectivity index (χ3n) is 7.88. The zero-order chi connectivity index (χ0) is 30.8. The number of nitrogens with one attached hydrogen (secondary N) is 2. The van der Waals surface area contributed by atoms with Gasteiger partial charge in [0, 0.05) is 54.6 Å². The van der Waals surface area contributed by atoms with Gasteiger partial charge in [0.15, 0.2) is 0 Å². The van der Waals surface area contributed by atoms with Gasteiger partial charge in [0.25, 0.3) is 5.56 Å². The van der Waals surface area contributed by atoms with E-state index >= 15 is 0 Å². The van der Waals surface area contributed by atoms with Crippen molar-refractivity contribution in [1.29, 1.82) is 0 Å². The molecular weight excluding hydrogens is 582 g/mol. The second-order valence-corrected chi connectivity index (χ2v) is 11.0. The van der Waals surface area contributed by atoms with E-state index in [-0.39, 0.29) is 11.6 Å². The molecule has 6 rings (SSSR count). The second-order valence-electron chi connectivity index (χ2n) is 10.6. The van der Waals surface area contributed by atoms with Crippen molar-refractivity contribution in [1.82, 2.24) is 30.0 Å². The summed E-state index contributed by atoms with van der Waals surface area (Å²) in [5, 5.41) is 22.7. The summed E-state index contributed by atoms with van der Waals surface area (Å²) in [6, 6.07) is 13.3. The maximum atomic E-state index is 12.9. The molecule has 4 heterocycles. The van der Waals surface area contributed by atoms with Gasteiger partial charge in [-0.1, -0.05) is 41.9 Å². The number of aliphatic hydroxyl groups is 1. The van der Waals surface area contributed by atoms with Crippen molar-refractivity contribution in [3.63, 3.8) is 0 Å². The number of methoxy groups -OCH3 is 1. The molecule has 12 heteroatoms. The lowest BCUT2D eigenvalue weighted by Gasteiger charge is -2.28. The van der Waals surface area contributed by atoms with Crippen molar-refractivity contribution in [2.24, 2.45) is 7.05 Å². The van der Waals surface area contributed by atoms with Crippen LogP contribution in [0.15, 0.2) is 65.8 Å². The Kier molecular flexibility index (Phi) is 8.53. The predicted molar refractivity (Wildman–Crippen MR) is 169 cm³/mol. The van der Waals surface area contributed by atoms with E-state index in [2.05, 4.69) is 25.7 Å². The van der Waals surface area contributed by atoms with Crippen LogP contribution in [0.2, 0.25) is 5.02 Å². The monoisotopic (exact) mass is 613 g/mol. The number of aliphatic hydroxyl groups excluding tert-OH is 1. The minimum Gasteiger partial charge on any atom is -0.480 e. The summed E-state index contributed by atoms with van der Waals surface area (Å²) >= 11 is 7.05. The first kappa shape index (κ1) is 29.6. The van der Waals surface area contributed by atoms with Crippen molar-refractivity contribution < 1.29 is 14.6 Å². The molecule has 2 aromatic carbocycles. The first-order valence-electron chi connectivity index (χ1n) is 14.2. The molecule has 226 valence electrons. The number of hydrogen-bond acceptors (Lipinski definition) is 10. The molecule has 0 saturated carbocycles. The van der Waals surface area contributed by atoms with Gasteiger partial charge in [0.2, 0.25) is 5.88 Å². The maximum Gasteiger partial charge on any atom is 0.278 e. The molecule has 11 nitrogen and oxygen atoms in total. The van der Waals surface area contributed by atoms with Crippen LogP contribution in [0.25, 0.3) is 33.2 Å². The molecule has 44 heavy (non-hydrogen) atoms. The Morgan fingerprint density at radius 3 is 2.73 bits per heavy atom. The zero-order valence-electron chi connectivity index (χ0n) is 24.5. The van der Waals surface area contributed by atoms with Gasteiger partial charge in [-0.25, -0.2) is 14.6 Å². The summed E-state index contributed by atoms with van der Waals surface area (Å²) in [5.41, 5.74) is 5.11. The van der Waals surface area contributed by atoms with Crippen LogP contribution in [-0.2, 0) is 18.3 Å². The first-order valence-corrected chi connectivity index (χ1v) is 14.6. The molecule has 0 radical (unpaired) electrons. The van der Waals surface area contributed by atoms with Gasteiger partial charge < -0.3 is 25.2 Å². The summed E-state index contributed by atoms with van der Waals surface area (Å²) in [6.45, 7) is 3.29. The van der Waals surface area contributed by atoms with Gasteiger partial charge in [0.1, 0.15) is 11.5 Å². The number of ether oxygens (including phenoxy) is 2. The number of nitrogens with zero attached hydrogens (tertiary/aromatic N) is 5. The van der Waals surface area contributed by atoms with E-state index in [0.717, 1.165) is 22.4 Å². The summed E-state index contributed by atoms with van der Waals surface area (Å²) in [4.78, 5) is 26.7. The van der Waals surface area contributed by atoms with Crippen molar-refractivity contribution in [3.05, 3.63) is 87.7 Å². The van der Waals surface area contributed by atoms with E-state index in [4.69, 9.17) is 26.1 Å². The van der Waals surface area contributed by atoms with Crippen LogP contribution in [0.4, 0.5) is 11.5 Å². The molecule has 0 unspecified atom stereocenters. The standard InChI is InChI=1S/C32H32ClN7O4/c1-18-20(6-5-9-23(18)38-30-28-19(10-12-34-30)14-37-40(2)32(28)42)21-7-4-8-22(29(21)33)25-15-36-26(31(39-25)43-3)16-35-24-11-13-44-17-27(24)41/h4-10,12,14-15,24,27,35,41H,11,13,16-17H2,1-3H3,(H,34,38)/t24-,27+/m1/s1. The van der Waals surface area contributed by atoms with Crippen molar-refractivity contribution >= 4 is 33.9 Å². The van der Waals surface area contributed by atoms with Gasteiger partial charge in [-0.2, -0.15) is 5.10 Å². The van der Waals surface area contributed by atoms with Crippen molar-refractivity contribution in [2.45, 2.75) is 32.0 Å². The van der Waals surface area contributed by atoms with Crippen LogP contribution in [0, 0.1) is 6.92 Å². The molecule has 0 spiro atoms. The van der Waals surface area contributed by atoms with Gasteiger partial charge in [0.05, 0.1) is 48.3 Å². The van der Waals surface area contributed by atoms with Gasteiger partial charge in [-0.3, -0.25) is 9.78 Å². The smallest absolute Gasteiger partial charge is 0.278 e. The van der Waals surface area contributed by atoms with Gasteiger partial charge in [-0.15, -0.1) is 0 Å². The summed E-state index contributed by atoms with van der Waals surface area (Å²) in [6.07, 6.45) is 5.11. The highest BCUT2D eigenvalue weighted by Gasteiger charge is 2.24. The normalized spacial score (nSPS) is 16.7. The Balaban J connectivity index is 1.30. The molecule has 3 aromatic heterocycles. The van der Waals surface area contributed by atoms with Gasteiger partial charge >= 0.3 is 0 Å². The van der Waals surface area contributed by atoms with E-state index in [1.165, 1.54) is 4.68 Å². The molecular formula is C32H32ClN7O4. The Hall–Kier alpha value is -4.42. The number of aryl methyl sites for hydroxylation is 1. The molecule has 5 aromatic rings. The molecule has 1 saturated heterocycles. The van der Waals surface area contributed by atoms with E-state index < -0.39 is 6.10 Å². The lowest BCUT2D eigenvalue weighted by atomic mass is 9.96. The predicted octanol–water partition coefficient (Wildman–Crippen LogP) is 4.41. The molecule has 0 aliphatic carbocycles. The summed E-state index contributed by atoms with van der Waals surface area (Å²) in [5.74, 6) is 0.832. The van der Waals surface area contributed by atoms with E-state index in [1.807, 2.05) is 43.3 Å².